The van der Waals surface area contributed by atoms with Gasteiger partial charge < -0.3 is 9.30 Å². The second-order valence-electron chi connectivity index (χ2n) is 4.46. The third-order valence-electron chi connectivity index (χ3n) is 2.70. The van der Waals surface area contributed by atoms with Gasteiger partial charge in [-0.05, 0) is 18.9 Å². The summed E-state index contributed by atoms with van der Waals surface area (Å²) in [7, 11) is 2.93. The predicted molar refractivity (Wildman–Crippen MR) is 68.2 cm³/mol. The second kappa shape index (κ2) is 5.32. The fourth-order valence-electron chi connectivity index (χ4n) is 1.24. The van der Waals surface area contributed by atoms with Crippen LogP contribution in [-0.2, 0) is 20.8 Å². The van der Waals surface area contributed by atoms with Gasteiger partial charge in [0.05, 0.1) is 0 Å². The van der Waals surface area contributed by atoms with Crippen molar-refractivity contribution in [2.45, 2.75) is 31.8 Å². The van der Waals surface area contributed by atoms with Crippen LogP contribution in [0.15, 0.2) is 17.2 Å². The Kier molecular flexibility index (Phi) is 4.45. The number of halogens is 1. The minimum absolute atomic E-state index is 0.115. The van der Waals surface area contributed by atoms with E-state index in [2.05, 4.69) is 0 Å². The third kappa shape index (κ3) is 3.49. The molecule has 0 amide bonds. The number of carbonyl (C=O) groups is 1. The maximum atomic E-state index is 11.8. The highest BCUT2D eigenvalue weighted by Crippen LogP contribution is 2.19. The summed E-state index contributed by atoms with van der Waals surface area (Å²) in [4.78, 5) is 11.7. The number of carbonyl (C=O) groups excluding carboxylic acids is 1. The average Bonchev–Trinajstić information content (AvgIpc) is 2.59. The van der Waals surface area contributed by atoms with Crippen LogP contribution in [-0.4, -0.2) is 25.1 Å². The fourth-order valence-corrected chi connectivity index (χ4v) is 2.03. The van der Waals surface area contributed by atoms with Crippen molar-refractivity contribution >= 4 is 25.7 Å². The molecule has 1 aromatic heterocycles. The molecule has 0 radical (unpaired) electrons. The summed E-state index contributed by atoms with van der Waals surface area (Å²) >= 11 is 0. The quantitative estimate of drug-likeness (QED) is 0.630. The topological polar surface area (TPSA) is 65.4 Å². The Hall–Kier alpha value is -1.01. The highest BCUT2D eigenvalue weighted by molar-refractivity contribution is 8.13. The highest BCUT2D eigenvalue weighted by atomic mass is 35.7. The molecule has 0 N–H and O–H groups in total. The van der Waals surface area contributed by atoms with E-state index in [1.165, 1.54) is 16.8 Å². The summed E-state index contributed by atoms with van der Waals surface area (Å²) < 4.78 is 28.9. The Bertz CT molecular complexity index is 547. The molecule has 0 aromatic carbocycles. The number of hydrogen-bond donors (Lipinski definition) is 0. The van der Waals surface area contributed by atoms with Crippen LogP contribution in [0, 0.1) is 5.92 Å². The monoisotopic (exact) mass is 293 g/mol. The molecule has 0 saturated carbocycles. The van der Waals surface area contributed by atoms with E-state index in [1.807, 2.05) is 13.8 Å². The molecule has 0 aliphatic carbocycles. The maximum absolute atomic E-state index is 11.8. The van der Waals surface area contributed by atoms with Crippen LogP contribution in [0.1, 0.15) is 31.3 Å². The number of ether oxygens (including phenoxy) is 1. The lowest BCUT2D eigenvalue weighted by molar-refractivity contribution is 0.0227. The number of aryl methyl sites for hydroxylation is 1. The van der Waals surface area contributed by atoms with Crippen molar-refractivity contribution < 1.29 is 17.9 Å². The van der Waals surface area contributed by atoms with E-state index in [9.17, 15) is 13.2 Å². The highest BCUT2D eigenvalue weighted by Gasteiger charge is 2.21. The molecule has 1 unspecified atom stereocenters. The first-order chi connectivity index (χ1) is 8.12. The van der Waals surface area contributed by atoms with Crippen LogP contribution in [0.5, 0.6) is 0 Å². The van der Waals surface area contributed by atoms with Gasteiger partial charge in [0.25, 0.3) is 9.05 Å². The first-order valence-electron chi connectivity index (χ1n) is 5.45. The van der Waals surface area contributed by atoms with Gasteiger partial charge in [0.15, 0.2) is 0 Å². The third-order valence-corrected chi connectivity index (χ3v) is 4.02. The number of rotatable bonds is 4. The Morgan fingerprint density at radius 1 is 1.39 bits per heavy atom. The number of hydrogen-bond acceptors (Lipinski definition) is 4. The maximum Gasteiger partial charge on any atom is 0.355 e. The van der Waals surface area contributed by atoms with E-state index in [0.717, 1.165) is 0 Å². The number of nitrogens with zero attached hydrogens (tertiary/aromatic N) is 1. The second-order valence-corrected chi connectivity index (χ2v) is 7.03. The van der Waals surface area contributed by atoms with Gasteiger partial charge in [-0.25, -0.2) is 13.2 Å². The van der Waals surface area contributed by atoms with Crippen molar-refractivity contribution in [3.63, 3.8) is 0 Å². The SMILES string of the molecule is CC(C)C(C)OC(=O)c1cc(S(=O)(=O)Cl)cn1C. The summed E-state index contributed by atoms with van der Waals surface area (Å²) in [6.45, 7) is 5.64. The van der Waals surface area contributed by atoms with Crippen molar-refractivity contribution in [3.8, 4) is 0 Å². The largest absolute Gasteiger partial charge is 0.458 e. The molecule has 7 heteroatoms. The molecular formula is C11H16ClNO4S. The Morgan fingerprint density at radius 2 is 1.94 bits per heavy atom. The zero-order valence-corrected chi connectivity index (χ0v) is 12.2. The van der Waals surface area contributed by atoms with E-state index in [0.29, 0.717) is 0 Å². The lowest BCUT2D eigenvalue weighted by Crippen LogP contribution is -2.21. The van der Waals surface area contributed by atoms with Crippen LogP contribution >= 0.6 is 10.7 Å². The van der Waals surface area contributed by atoms with Crippen molar-refractivity contribution in [3.05, 3.63) is 18.0 Å². The summed E-state index contributed by atoms with van der Waals surface area (Å²) in [5, 5.41) is 0. The summed E-state index contributed by atoms with van der Waals surface area (Å²) in [6.07, 6.45) is 1.03. The Labute approximate surface area is 111 Å². The first-order valence-corrected chi connectivity index (χ1v) is 7.76. The van der Waals surface area contributed by atoms with E-state index in [4.69, 9.17) is 15.4 Å². The molecular weight excluding hydrogens is 278 g/mol. The van der Waals surface area contributed by atoms with Crippen molar-refractivity contribution in [2.24, 2.45) is 13.0 Å². The molecule has 1 aromatic rings. The molecule has 1 atom stereocenters. The van der Waals surface area contributed by atoms with Crippen molar-refractivity contribution in [1.29, 1.82) is 0 Å². The zero-order chi connectivity index (χ0) is 14.1. The smallest absolute Gasteiger partial charge is 0.355 e. The lowest BCUT2D eigenvalue weighted by atomic mass is 10.1. The zero-order valence-electron chi connectivity index (χ0n) is 10.7. The van der Waals surface area contributed by atoms with Gasteiger partial charge in [0.1, 0.15) is 16.7 Å². The molecule has 18 heavy (non-hydrogen) atoms. The fraction of sp³-hybridized carbons (Fsp3) is 0.545. The van der Waals surface area contributed by atoms with E-state index in [-0.39, 0.29) is 22.6 Å². The lowest BCUT2D eigenvalue weighted by Gasteiger charge is -2.16. The van der Waals surface area contributed by atoms with Crippen LogP contribution in [0.3, 0.4) is 0 Å². The minimum Gasteiger partial charge on any atom is -0.458 e. The van der Waals surface area contributed by atoms with E-state index < -0.39 is 15.0 Å². The molecule has 0 saturated heterocycles. The summed E-state index contributed by atoms with van der Waals surface area (Å²) in [5.41, 5.74) is 0.154. The van der Waals surface area contributed by atoms with Crippen LogP contribution in [0.2, 0.25) is 0 Å². The molecule has 1 heterocycles. The summed E-state index contributed by atoms with van der Waals surface area (Å²) in [6, 6.07) is 1.21. The van der Waals surface area contributed by atoms with E-state index >= 15 is 0 Å². The van der Waals surface area contributed by atoms with Gasteiger partial charge in [-0.15, -0.1) is 0 Å². The number of aromatic nitrogens is 1. The molecule has 5 nitrogen and oxygen atoms in total. The van der Waals surface area contributed by atoms with Crippen LogP contribution in [0.25, 0.3) is 0 Å². The average molecular weight is 294 g/mol. The van der Waals surface area contributed by atoms with Crippen LogP contribution in [0.4, 0.5) is 0 Å². The molecule has 102 valence electrons. The Morgan fingerprint density at radius 3 is 2.33 bits per heavy atom. The molecule has 1 rings (SSSR count). The van der Waals surface area contributed by atoms with Gasteiger partial charge in [0, 0.05) is 23.9 Å². The normalized spacial score (nSPS) is 13.7. The summed E-state index contributed by atoms with van der Waals surface area (Å²) in [5.74, 6) is -0.379. The predicted octanol–water partition coefficient (Wildman–Crippen LogP) is 2.15. The first kappa shape index (κ1) is 15.0. The Balaban J connectivity index is 2.98. The van der Waals surface area contributed by atoms with Gasteiger partial charge in [-0.3, -0.25) is 0 Å². The molecule has 0 aliphatic rings. The van der Waals surface area contributed by atoms with Gasteiger partial charge in [-0.2, -0.15) is 0 Å². The minimum atomic E-state index is -3.84. The van der Waals surface area contributed by atoms with Gasteiger partial charge in [0.2, 0.25) is 0 Å². The molecule has 0 bridgehead atoms. The van der Waals surface area contributed by atoms with E-state index in [1.54, 1.807) is 14.0 Å². The molecule has 0 spiro atoms. The standard InChI is InChI=1S/C11H16ClNO4S/c1-7(2)8(3)17-11(14)10-5-9(6-13(10)4)18(12,15)16/h5-8H,1-4H3. The van der Waals surface area contributed by atoms with Gasteiger partial charge in [-0.1, -0.05) is 13.8 Å². The molecule has 0 aliphatic heterocycles. The number of esters is 1. The molecule has 0 fully saturated rings. The van der Waals surface area contributed by atoms with Crippen molar-refractivity contribution in [2.75, 3.05) is 0 Å². The van der Waals surface area contributed by atoms with Crippen molar-refractivity contribution in [1.82, 2.24) is 4.57 Å². The van der Waals surface area contributed by atoms with Crippen LogP contribution < -0.4 is 0 Å². The van der Waals surface area contributed by atoms with Gasteiger partial charge >= 0.3 is 5.97 Å².